The Balaban J connectivity index is 2.12. The Morgan fingerprint density at radius 3 is 2.52 bits per heavy atom. The SMILES string of the molecule is CN(C)C(=O)Oc1ccccc1-c1cc(=O)c2ccccc2o1. The fraction of sp³-hybridized carbons (Fsp3) is 0.111. The molecule has 0 saturated heterocycles. The first kappa shape index (κ1) is 14.8. The minimum absolute atomic E-state index is 0.143. The zero-order valence-corrected chi connectivity index (χ0v) is 12.8. The molecule has 2 aromatic carbocycles. The average Bonchev–Trinajstić information content (AvgIpc) is 2.55. The third kappa shape index (κ3) is 2.94. The molecule has 0 N–H and O–H groups in total. The molecular weight excluding hydrogens is 294 g/mol. The number of carbonyl (C=O) groups is 1. The monoisotopic (exact) mass is 309 g/mol. The Hall–Kier alpha value is -3.08. The van der Waals surface area contributed by atoms with Gasteiger partial charge in [-0.3, -0.25) is 4.79 Å². The topological polar surface area (TPSA) is 59.8 Å². The number of amides is 1. The molecule has 3 aromatic rings. The number of ether oxygens (including phenoxy) is 1. The number of benzene rings is 2. The maximum atomic E-state index is 12.2. The smallest absolute Gasteiger partial charge is 0.414 e. The summed E-state index contributed by atoms with van der Waals surface area (Å²) < 4.78 is 11.1. The predicted octanol–water partition coefficient (Wildman–Crippen LogP) is 3.52. The summed E-state index contributed by atoms with van der Waals surface area (Å²) in [5, 5.41) is 0.513. The van der Waals surface area contributed by atoms with Gasteiger partial charge in [-0.1, -0.05) is 24.3 Å². The highest BCUT2D eigenvalue weighted by atomic mass is 16.6. The van der Waals surface area contributed by atoms with Crippen molar-refractivity contribution in [1.82, 2.24) is 4.90 Å². The Morgan fingerprint density at radius 1 is 1.04 bits per heavy atom. The van der Waals surface area contributed by atoms with Gasteiger partial charge in [-0.15, -0.1) is 0 Å². The third-order valence-electron chi connectivity index (χ3n) is 3.35. The maximum Gasteiger partial charge on any atom is 0.414 e. The molecule has 5 nitrogen and oxygen atoms in total. The van der Waals surface area contributed by atoms with Crippen molar-refractivity contribution in [2.75, 3.05) is 14.1 Å². The van der Waals surface area contributed by atoms with Gasteiger partial charge in [0.15, 0.2) is 5.43 Å². The Bertz CT molecular complexity index is 927. The molecule has 1 amide bonds. The van der Waals surface area contributed by atoms with E-state index in [4.69, 9.17) is 9.15 Å². The first-order valence-corrected chi connectivity index (χ1v) is 7.07. The molecule has 0 atom stereocenters. The van der Waals surface area contributed by atoms with E-state index in [9.17, 15) is 9.59 Å². The lowest BCUT2D eigenvalue weighted by atomic mass is 10.1. The molecule has 0 aliphatic heterocycles. The summed E-state index contributed by atoms with van der Waals surface area (Å²) in [5.41, 5.74) is 0.893. The van der Waals surface area contributed by atoms with Gasteiger partial charge in [0.2, 0.25) is 0 Å². The van der Waals surface area contributed by atoms with Crippen molar-refractivity contribution < 1.29 is 13.9 Å². The molecule has 5 heteroatoms. The summed E-state index contributed by atoms with van der Waals surface area (Å²) in [6, 6.07) is 15.4. The number of fused-ring (bicyclic) bond motifs is 1. The molecule has 0 saturated carbocycles. The van der Waals surface area contributed by atoms with Crippen molar-refractivity contribution in [2.45, 2.75) is 0 Å². The highest BCUT2D eigenvalue weighted by Crippen LogP contribution is 2.31. The lowest BCUT2D eigenvalue weighted by Gasteiger charge is -2.13. The van der Waals surface area contributed by atoms with Crippen molar-refractivity contribution in [2.24, 2.45) is 0 Å². The quantitative estimate of drug-likeness (QED) is 0.726. The highest BCUT2D eigenvalue weighted by Gasteiger charge is 2.14. The van der Waals surface area contributed by atoms with Crippen molar-refractivity contribution in [3.8, 4) is 17.1 Å². The molecule has 0 spiro atoms. The van der Waals surface area contributed by atoms with Crippen LogP contribution in [0, 0.1) is 0 Å². The van der Waals surface area contributed by atoms with Crippen molar-refractivity contribution in [3.63, 3.8) is 0 Å². The van der Waals surface area contributed by atoms with E-state index in [0.717, 1.165) is 0 Å². The fourth-order valence-electron chi connectivity index (χ4n) is 2.18. The largest absolute Gasteiger partial charge is 0.456 e. The van der Waals surface area contributed by atoms with Crippen LogP contribution in [0.5, 0.6) is 5.75 Å². The Labute approximate surface area is 132 Å². The van der Waals surface area contributed by atoms with E-state index in [2.05, 4.69) is 0 Å². The van der Waals surface area contributed by atoms with Crippen LogP contribution in [0.15, 0.2) is 63.8 Å². The Morgan fingerprint density at radius 2 is 1.74 bits per heavy atom. The standard InChI is InChI=1S/C18H15NO4/c1-19(2)18(21)23-16-10-6-4-8-13(16)17-11-14(20)12-7-3-5-9-15(12)22-17/h3-11H,1-2H3. The van der Waals surface area contributed by atoms with Crippen LogP contribution in [0.4, 0.5) is 4.79 Å². The van der Waals surface area contributed by atoms with Crippen LogP contribution >= 0.6 is 0 Å². The van der Waals surface area contributed by atoms with Gasteiger partial charge < -0.3 is 14.1 Å². The first-order chi connectivity index (χ1) is 11.1. The van der Waals surface area contributed by atoms with E-state index in [1.807, 2.05) is 0 Å². The third-order valence-corrected chi connectivity index (χ3v) is 3.35. The average molecular weight is 309 g/mol. The minimum atomic E-state index is -0.499. The highest BCUT2D eigenvalue weighted by molar-refractivity contribution is 5.80. The number of carbonyl (C=O) groups excluding carboxylic acids is 1. The predicted molar refractivity (Wildman–Crippen MR) is 87.6 cm³/mol. The molecule has 1 heterocycles. The van der Waals surface area contributed by atoms with Gasteiger partial charge in [0.05, 0.1) is 10.9 Å². The van der Waals surface area contributed by atoms with Gasteiger partial charge in [-0.2, -0.15) is 0 Å². The van der Waals surface area contributed by atoms with Gasteiger partial charge in [0.25, 0.3) is 0 Å². The van der Waals surface area contributed by atoms with Gasteiger partial charge >= 0.3 is 6.09 Å². The number of nitrogens with zero attached hydrogens (tertiary/aromatic N) is 1. The minimum Gasteiger partial charge on any atom is -0.456 e. The Kier molecular flexibility index (Phi) is 3.85. The van der Waals surface area contributed by atoms with E-state index in [-0.39, 0.29) is 5.43 Å². The molecule has 0 bridgehead atoms. The van der Waals surface area contributed by atoms with Crippen molar-refractivity contribution >= 4 is 17.1 Å². The number of hydrogen-bond donors (Lipinski definition) is 0. The van der Waals surface area contributed by atoms with Crippen LogP contribution in [-0.4, -0.2) is 25.1 Å². The van der Waals surface area contributed by atoms with Gasteiger partial charge in [0.1, 0.15) is 17.1 Å². The zero-order chi connectivity index (χ0) is 16.4. The second kappa shape index (κ2) is 5.96. The van der Waals surface area contributed by atoms with Crippen molar-refractivity contribution in [3.05, 3.63) is 64.8 Å². The maximum absolute atomic E-state index is 12.2. The van der Waals surface area contributed by atoms with Crippen LogP contribution < -0.4 is 10.2 Å². The van der Waals surface area contributed by atoms with Crippen LogP contribution in [0.2, 0.25) is 0 Å². The summed E-state index contributed by atoms with van der Waals surface area (Å²) in [7, 11) is 3.20. The summed E-state index contributed by atoms with van der Waals surface area (Å²) in [4.78, 5) is 25.4. The molecule has 3 rings (SSSR count). The lowest BCUT2D eigenvalue weighted by Crippen LogP contribution is -2.25. The molecular formula is C18H15NO4. The lowest BCUT2D eigenvalue weighted by molar-refractivity contribution is 0.172. The summed E-state index contributed by atoms with van der Waals surface area (Å²) in [6.45, 7) is 0. The van der Waals surface area contributed by atoms with Gasteiger partial charge in [0, 0.05) is 20.2 Å². The van der Waals surface area contributed by atoms with E-state index in [0.29, 0.717) is 28.0 Å². The second-order valence-corrected chi connectivity index (χ2v) is 5.23. The molecule has 0 unspecified atom stereocenters. The molecule has 0 fully saturated rings. The molecule has 1 aromatic heterocycles. The van der Waals surface area contributed by atoms with Crippen LogP contribution in [0.25, 0.3) is 22.3 Å². The first-order valence-electron chi connectivity index (χ1n) is 7.07. The summed E-state index contributed by atoms with van der Waals surface area (Å²) in [6.07, 6.45) is -0.499. The molecule has 116 valence electrons. The molecule has 0 aliphatic rings. The molecule has 0 radical (unpaired) electrons. The van der Waals surface area contributed by atoms with E-state index >= 15 is 0 Å². The zero-order valence-electron chi connectivity index (χ0n) is 12.8. The van der Waals surface area contributed by atoms with E-state index in [1.54, 1.807) is 62.6 Å². The van der Waals surface area contributed by atoms with Crippen LogP contribution in [0.3, 0.4) is 0 Å². The number of rotatable bonds is 2. The number of para-hydroxylation sites is 2. The van der Waals surface area contributed by atoms with E-state index in [1.165, 1.54) is 11.0 Å². The number of hydrogen-bond acceptors (Lipinski definition) is 4. The van der Waals surface area contributed by atoms with Crippen LogP contribution in [-0.2, 0) is 0 Å². The van der Waals surface area contributed by atoms with Gasteiger partial charge in [-0.05, 0) is 24.3 Å². The van der Waals surface area contributed by atoms with Gasteiger partial charge in [-0.25, -0.2) is 4.79 Å². The summed E-state index contributed by atoms with van der Waals surface area (Å²) >= 11 is 0. The van der Waals surface area contributed by atoms with E-state index < -0.39 is 6.09 Å². The fourth-order valence-corrected chi connectivity index (χ4v) is 2.18. The molecule has 0 aliphatic carbocycles. The normalized spacial score (nSPS) is 10.5. The molecule has 23 heavy (non-hydrogen) atoms. The summed E-state index contributed by atoms with van der Waals surface area (Å²) in [5.74, 6) is 0.695. The van der Waals surface area contributed by atoms with Crippen LogP contribution in [0.1, 0.15) is 0 Å². The van der Waals surface area contributed by atoms with Crippen molar-refractivity contribution in [1.29, 1.82) is 0 Å². The second-order valence-electron chi connectivity index (χ2n) is 5.23.